The highest BCUT2D eigenvalue weighted by Gasteiger charge is 2.38. The lowest BCUT2D eigenvalue weighted by Crippen LogP contribution is -2.50. The van der Waals surface area contributed by atoms with E-state index in [9.17, 15) is 9.18 Å². The number of nitrogens with one attached hydrogen (secondary N) is 1. The third-order valence-corrected chi connectivity index (χ3v) is 5.20. The lowest BCUT2D eigenvalue weighted by atomic mass is 9.83. The number of rotatable bonds is 3. The lowest BCUT2D eigenvalue weighted by molar-refractivity contribution is -0.135. The average Bonchev–Trinajstić information content (AvgIpc) is 3.05. The van der Waals surface area contributed by atoms with Gasteiger partial charge < -0.3 is 10.2 Å². The number of nitrogens with zero attached hydrogens (tertiary/aromatic N) is 2. The van der Waals surface area contributed by atoms with Gasteiger partial charge in [-0.3, -0.25) is 9.69 Å². The molecule has 0 bridgehead atoms. The minimum atomic E-state index is -0.694. The molecule has 0 spiro atoms. The molecule has 1 amide bonds. The molecule has 1 N–H and O–H groups in total. The standard InChI is InChI=1S/C18H26FN3O.ClH/c1-18(2,14-4-3-5-15(19)12-14)17(23)22-9-6-16(13-22)21-10-7-20-8-11-21;/h3-5,12,16,20H,6-11,13H2,1-2H3;1H. The molecule has 2 saturated heterocycles. The molecule has 2 fully saturated rings. The predicted molar refractivity (Wildman–Crippen MR) is 96.1 cm³/mol. The van der Waals surface area contributed by atoms with Gasteiger partial charge in [0.05, 0.1) is 5.41 Å². The van der Waals surface area contributed by atoms with Gasteiger partial charge in [-0.2, -0.15) is 0 Å². The van der Waals surface area contributed by atoms with Gasteiger partial charge in [-0.05, 0) is 38.0 Å². The van der Waals surface area contributed by atoms with Crippen molar-refractivity contribution in [3.8, 4) is 0 Å². The molecular formula is C18H27ClFN3O. The Bertz CT molecular complexity index is 575. The molecule has 0 saturated carbocycles. The predicted octanol–water partition coefficient (Wildman–Crippen LogP) is 2.03. The largest absolute Gasteiger partial charge is 0.340 e. The SMILES string of the molecule is CC(C)(C(=O)N1CCC(N2CCNCC2)C1)c1cccc(F)c1.Cl. The number of piperazine rings is 1. The summed E-state index contributed by atoms with van der Waals surface area (Å²) in [5.41, 5.74) is 0.0496. The summed E-state index contributed by atoms with van der Waals surface area (Å²) in [7, 11) is 0. The minimum Gasteiger partial charge on any atom is -0.340 e. The number of halogens is 2. The molecule has 24 heavy (non-hydrogen) atoms. The molecule has 2 aliphatic heterocycles. The first-order chi connectivity index (χ1) is 11.0. The fourth-order valence-corrected chi connectivity index (χ4v) is 3.67. The molecule has 0 aliphatic carbocycles. The normalized spacial score (nSPS) is 22.3. The van der Waals surface area contributed by atoms with E-state index in [-0.39, 0.29) is 24.1 Å². The van der Waals surface area contributed by atoms with E-state index in [0.29, 0.717) is 6.04 Å². The number of amides is 1. The summed E-state index contributed by atoms with van der Waals surface area (Å²) in [6, 6.07) is 6.87. The van der Waals surface area contributed by atoms with Crippen LogP contribution >= 0.6 is 12.4 Å². The number of hydrogen-bond acceptors (Lipinski definition) is 3. The van der Waals surface area contributed by atoms with Crippen LogP contribution in [0.4, 0.5) is 4.39 Å². The van der Waals surface area contributed by atoms with Crippen LogP contribution in [0.3, 0.4) is 0 Å². The van der Waals surface area contributed by atoms with Crippen LogP contribution in [0, 0.1) is 5.82 Å². The Kier molecular flexibility index (Phi) is 6.23. The number of carbonyl (C=O) groups excluding carboxylic acids is 1. The first kappa shape index (κ1) is 19.2. The number of carbonyl (C=O) groups is 1. The first-order valence-corrected chi connectivity index (χ1v) is 8.48. The third kappa shape index (κ3) is 3.90. The highest BCUT2D eigenvalue weighted by Crippen LogP contribution is 2.29. The summed E-state index contributed by atoms with van der Waals surface area (Å²) in [5, 5.41) is 3.37. The van der Waals surface area contributed by atoms with Gasteiger partial charge in [0, 0.05) is 45.3 Å². The van der Waals surface area contributed by atoms with Crippen LogP contribution in [0.25, 0.3) is 0 Å². The van der Waals surface area contributed by atoms with Crippen molar-refractivity contribution in [3.63, 3.8) is 0 Å². The Hall–Kier alpha value is -1.17. The van der Waals surface area contributed by atoms with Gasteiger partial charge in [0.25, 0.3) is 0 Å². The van der Waals surface area contributed by atoms with E-state index in [2.05, 4.69) is 10.2 Å². The van der Waals surface area contributed by atoms with Crippen molar-refractivity contribution in [3.05, 3.63) is 35.6 Å². The fourth-order valence-electron chi connectivity index (χ4n) is 3.67. The van der Waals surface area contributed by atoms with Crippen LogP contribution in [0.15, 0.2) is 24.3 Å². The van der Waals surface area contributed by atoms with Gasteiger partial charge in [-0.25, -0.2) is 4.39 Å². The summed E-state index contributed by atoms with van der Waals surface area (Å²) in [5.74, 6) is -0.191. The highest BCUT2D eigenvalue weighted by atomic mass is 35.5. The van der Waals surface area contributed by atoms with E-state index in [4.69, 9.17) is 0 Å². The van der Waals surface area contributed by atoms with Gasteiger partial charge >= 0.3 is 0 Å². The van der Waals surface area contributed by atoms with Crippen molar-refractivity contribution >= 4 is 18.3 Å². The molecule has 1 atom stereocenters. The van der Waals surface area contributed by atoms with Crippen LogP contribution in [0.1, 0.15) is 25.8 Å². The molecule has 2 heterocycles. The smallest absolute Gasteiger partial charge is 0.232 e. The monoisotopic (exact) mass is 355 g/mol. The van der Waals surface area contributed by atoms with Crippen LogP contribution in [-0.2, 0) is 10.2 Å². The van der Waals surface area contributed by atoms with Crippen molar-refractivity contribution in [1.29, 1.82) is 0 Å². The number of likely N-dealkylation sites (tertiary alicyclic amines) is 1. The van der Waals surface area contributed by atoms with Crippen LogP contribution < -0.4 is 5.32 Å². The summed E-state index contributed by atoms with van der Waals surface area (Å²) in [6.07, 6.45) is 1.03. The molecule has 0 radical (unpaired) electrons. The average molecular weight is 356 g/mol. The molecule has 2 aliphatic rings. The first-order valence-electron chi connectivity index (χ1n) is 8.48. The van der Waals surface area contributed by atoms with Gasteiger partial charge in [0.1, 0.15) is 5.82 Å². The number of benzene rings is 1. The zero-order valence-corrected chi connectivity index (χ0v) is 15.2. The van der Waals surface area contributed by atoms with Crippen molar-refractivity contribution in [2.75, 3.05) is 39.3 Å². The molecule has 1 unspecified atom stereocenters. The third-order valence-electron chi connectivity index (χ3n) is 5.20. The van der Waals surface area contributed by atoms with Crippen molar-refractivity contribution in [2.24, 2.45) is 0 Å². The molecule has 1 aromatic rings. The molecular weight excluding hydrogens is 329 g/mol. The molecule has 0 aromatic heterocycles. The van der Waals surface area contributed by atoms with E-state index in [1.807, 2.05) is 24.8 Å². The maximum atomic E-state index is 13.5. The van der Waals surface area contributed by atoms with E-state index < -0.39 is 5.41 Å². The Morgan fingerprint density at radius 2 is 1.96 bits per heavy atom. The van der Waals surface area contributed by atoms with E-state index in [0.717, 1.165) is 51.3 Å². The van der Waals surface area contributed by atoms with Crippen LogP contribution in [-0.4, -0.2) is 61.0 Å². The van der Waals surface area contributed by atoms with Crippen LogP contribution in [0.2, 0.25) is 0 Å². The molecule has 6 heteroatoms. The Morgan fingerprint density at radius 1 is 1.25 bits per heavy atom. The topological polar surface area (TPSA) is 35.6 Å². The summed E-state index contributed by atoms with van der Waals surface area (Å²) in [6.45, 7) is 9.53. The quantitative estimate of drug-likeness (QED) is 0.901. The van der Waals surface area contributed by atoms with Gasteiger partial charge in [-0.1, -0.05) is 12.1 Å². The Balaban J connectivity index is 0.00000208. The molecule has 3 rings (SSSR count). The van der Waals surface area contributed by atoms with E-state index >= 15 is 0 Å². The molecule has 1 aromatic carbocycles. The second-order valence-electron chi connectivity index (χ2n) is 7.11. The summed E-state index contributed by atoms with van der Waals surface area (Å²) in [4.78, 5) is 17.4. The Morgan fingerprint density at radius 3 is 2.62 bits per heavy atom. The van der Waals surface area contributed by atoms with Gasteiger partial charge in [0.15, 0.2) is 0 Å². The fraction of sp³-hybridized carbons (Fsp3) is 0.611. The van der Waals surface area contributed by atoms with Gasteiger partial charge in [-0.15, -0.1) is 12.4 Å². The zero-order chi connectivity index (χ0) is 16.4. The van der Waals surface area contributed by atoms with Crippen LogP contribution in [0.5, 0.6) is 0 Å². The number of hydrogen-bond donors (Lipinski definition) is 1. The summed E-state index contributed by atoms with van der Waals surface area (Å²) < 4.78 is 13.5. The zero-order valence-electron chi connectivity index (χ0n) is 14.4. The molecule has 134 valence electrons. The molecule has 4 nitrogen and oxygen atoms in total. The van der Waals surface area contributed by atoms with Crippen molar-refractivity contribution < 1.29 is 9.18 Å². The van der Waals surface area contributed by atoms with E-state index in [1.54, 1.807) is 6.07 Å². The maximum absolute atomic E-state index is 13.5. The van der Waals surface area contributed by atoms with Crippen molar-refractivity contribution in [1.82, 2.24) is 15.1 Å². The lowest BCUT2D eigenvalue weighted by Gasteiger charge is -2.34. The van der Waals surface area contributed by atoms with Gasteiger partial charge in [0.2, 0.25) is 5.91 Å². The summed E-state index contributed by atoms with van der Waals surface area (Å²) >= 11 is 0. The second-order valence-corrected chi connectivity index (χ2v) is 7.11. The maximum Gasteiger partial charge on any atom is 0.232 e. The highest BCUT2D eigenvalue weighted by molar-refractivity contribution is 5.87. The minimum absolute atomic E-state index is 0. The second kappa shape index (κ2) is 7.81. The van der Waals surface area contributed by atoms with Crippen molar-refractivity contribution in [2.45, 2.75) is 31.7 Å². The van der Waals surface area contributed by atoms with E-state index in [1.165, 1.54) is 12.1 Å². The Labute approximate surface area is 149 Å².